The molecule has 1 aromatic carbocycles. The van der Waals surface area contributed by atoms with E-state index in [1.807, 2.05) is 52.8 Å². The van der Waals surface area contributed by atoms with E-state index in [0.29, 0.717) is 17.3 Å². The van der Waals surface area contributed by atoms with E-state index in [-0.39, 0.29) is 18.0 Å². The smallest absolute Gasteiger partial charge is 0.338 e. The van der Waals surface area contributed by atoms with Crippen LogP contribution in [0.3, 0.4) is 0 Å². The molecule has 0 fully saturated rings. The summed E-state index contributed by atoms with van der Waals surface area (Å²) < 4.78 is 10.3. The fraction of sp³-hybridized carbons (Fsp3) is 0.438. The summed E-state index contributed by atoms with van der Waals surface area (Å²) in [5.41, 5.74) is 2.26. The second-order valence-corrected chi connectivity index (χ2v) is 6.16. The summed E-state index contributed by atoms with van der Waals surface area (Å²) in [5, 5.41) is 3.89. The molecule has 0 aliphatic carbocycles. The molecule has 0 unspecified atom stereocenters. The van der Waals surface area contributed by atoms with Gasteiger partial charge in [0.05, 0.1) is 5.56 Å². The maximum Gasteiger partial charge on any atom is 0.338 e. The van der Waals surface area contributed by atoms with Gasteiger partial charge in [-0.15, -0.1) is 0 Å². The third-order valence-corrected chi connectivity index (χ3v) is 3.08. The van der Waals surface area contributed by atoms with E-state index in [2.05, 4.69) is 10.1 Å². The molecule has 0 aliphatic heterocycles. The van der Waals surface area contributed by atoms with Gasteiger partial charge in [-0.25, -0.2) is 4.79 Å². The average Bonchev–Trinajstić information content (AvgIpc) is 2.87. The van der Waals surface area contributed by atoms with E-state index in [4.69, 9.17) is 9.26 Å². The van der Waals surface area contributed by atoms with Crippen LogP contribution >= 0.6 is 0 Å². The molecule has 0 amide bonds. The Hall–Kier alpha value is -2.17. The second kappa shape index (κ2) is 5.68. The lowest BCUT2D eigenvalue weighted by Gasteiger charge is -2.10. The maximum absolute atomic E-state index is 12.1. The molecule has 0 spiro atoms. The van der Waals surface area contributed by atoms with Crippen molar-refractivity contribution in [3.05, 3.63) is 46.6 Å². The Labute approximate surface area is 124 Å². The molecule has 112 valence electrons. The Balaban J connectivity index is 2.04. The van der Waals surface area contributed by atoms with Crippen LogP contribution < -0.4 is 0 Å². The van der Waals surface area contributed by atoms with Crippen molar-refractivity contribution in [2.45, 2.75) is 46.6 Å². The monoisotopic (exact) mass is 288 g/mol. The first kappa shape index (κ1) is 15.2. The van der Waals surface area contributed by atoms with Crippen molar-refractivity contribution < 1.29 is 14.1 Å². The highest BCUT2D eigenvalue weighted by atomic mass is 16.6. The summed E-state index contributed by atoms with van der Waals surface area (Å²) >= 11 is 0. The number of benzene rings is 1. The molecule has 0 saturated carbocycles. The van der Waals surface area contributed by atoms with Gasteiger partial charge < -0.3 is 9.26 Å². The number of ether oxygens (including phenoxy) is 1. The fourth-order valence-electron chi connectivity index (χ4n) is 1.78. The minimum absolute atomic E-state index is 0.0186. The first-order chi connectivity index (χ1) is 9.77. The molecule has 2 aromatic rings. The van der Waals surface area contributed by atoms with Crippen molar-refractivity contribution in [2.75, 3.05) is 0 Å². The van der Waals surface area contributed by atoms with Crippen LogP contribution in [0.5, 0.6) is 0 Å². The molecule has 0 bridgehead atoms. The maximum atomic E-state index is 12.1. The molecule has 0 atom stereocenters. The van der Waals surface area contributed by atoms with E-state index in [9.17, 15) is 4.79 Å². The van der Waals surface area contributed by atoms with Crippen molar-refractivity contribution >= 4 is 5.97 Å². The molecule has 0 saturated heterocycles. The van der Waals surface area contributed by atoms with Gasteiger partial charge in [0.1, 0.15) is 0 Å². The zero-order chi connectivity index (χ0) is 15.6. The lowest BCUT2D eigenvalue weighted by molar-refractivity contribution is 0.0429. The highest BCUT2D eigenvalue weighted by Crippen LogP contribution is 2.19. The SMILES string of the molecule is Cc1ccc(C)c(C(=O)OCc2nc(C(C)(C)C)no2)c1. The summed E-state index contributed by atoms with van der Waals surface area (Å²) in [4.78, 5) is 16.3. The van der Waals surface area contributed by atoms with E-state index in [1.165, 1.54) is 0 Å². The first-order valence-corrected chi connectivity index (χ1v) is 6.85. The molecule has 1 aromatic heterocycles. The molecule has 5 heteroatoms. The minimum Gasteiger partial charge on any atom is -0.452 e. The van der Waals surface area contributed by atoms with Gasteiger partial charge in [-0.1, -0.05) is 43.6 Å². The summed E-state index contributed by atoms with van der Waals surface area (Å²) in [6.45, 7) is 9.76. The highest BCUT2D eigenvalue weighted by molar-refractivity contribution is 5.91. The largest absolute Gasteiger partial charge is 0.452 e. The number of rotatable bonds is 3. The molecule has 5 nitrogen and oxygen atoms in total. The predicted molar refractivity (Wildman–Crippen MR) is 78.0 cm³/mol. The van der Waals surface area contributed by atoms with Crippen molar-refractivity contribution in [1.82, 2.24) is 10.1 Å². The summed E-state index contributed by atoms with van der Waals surface area (Å²) in [6, 6.07) is 5.67. The van der Waals surface area contributed by atoms with Gasteiger partial charge in [-0.2, -0.15) is 4.98 Å². The van der Waals surface area contributed by atoms with E-state index < -0.39 is 0 Å². The highest BCUT2D eigenvalue weighted by Gasteiger charge is 2.21. The Kier molecular flexibility index (Phi) is 4.11. The predicted octanol–water partition coefficient (Wildman–Crippen LogP) is 3.34. The van der Waals surface area contributed by atoms with Gasteiger partial charge in [0.25, 0.3) is 5.89 Å². The Bertz CT molecular complexity index is 654. The fourth-order valence-corrected chi connectivity index (χ4v) is 1.78. The summed E-state index contributed by atoms with van der Waals surface area (Å²) in [7, 11) is 0. The molecule has 0 N–H and O–H groups in total. The van der Waals surface area contributed by atoms with Crippen LogP contribution in [0.15, 0.2) is 22.7 Å². The zero-order valence-electron chi connectivity index (χ0n) is 13.1. The molecule has 0 radical (unpaired) electrons. The average molecular weight is 288 g/mol. The Morgan fingerprint density at radius 3 is 2.62 bits per heavy atom. The van der Waals surface area contributed by atoms with Crippen molar-refractivity contribution in [3.63, 3.8) is 0 Å². The van der Waals surface area contributed by atoms with Gasteiger partial charge in [0, 0.05) is 5.41 Å². The number of carbonyl (C=O) groups is 1. The van der Waals surface area contributed by atoms with Crippen LogP contribution in [0.2, 0.25) is 0 Å². The second-order valence-electron chi connectivity index (χ2n) is 6.16. The Morgan fingerprint density at radius 2 is 2.00 bits per heavy atom. The normalized spacial score (nSPS) is 11.5. The molecule has 2 rings (SSSR count). The van der Waals surface area contributed by atoms with Crippen LogP contribution in [-0.4, -0.2) is 16.1 Å². The van der Waals surface area contributed by atoms with Crippen LogP contribution in [-0.2, 0) is 16.8 Å². The molecular formula is C16H20N2O3. The van der Waals surface area contributed by atoms with Crippen LogP contribution in [0.25, 0.3) is 0 Å². The zero-order valence-corrected chi connectivity index (χ0v) is 13.1. The van der Waals surface area contributed by atoms with Crippen LogP contribution in [0.4, 0.5) is 0 Å². The minimum atomic E-state index is -0.383. The number of esters is 1. The van der Waals surface area contributed by atoms with Crippen molar-refractivity contribution in [3.8, 4) is 0 Å². The lowest BCUT2D eigenvalue weighted by Crippen LogP contribution is -2.13. The topological polar surface area (TPSA) is 65.2 Å². The standard InChI is InChI=1S/C16H20N2O3/c1-10-6-7-11(2)12(8-10)14(19)20-9-13-17-15(18-21-13)16(3,4)5/h6-8H,9H2,1-5H3. The quantitative estimate of drug-likeness (QED) is 0.810. The van der Waals surface area contributed by atoms with Crippen LogP contribution in [0.1, 0.15) is 54.0 Å². The van der Waals surface area contributed by atoms with E-state index in [0.717, 1.165) is 11.1 Å². The number of hydrogen-bond donors (Lipinski definition) is 0. The van der Waals surface area contributed by atoms with Gasteiger partial charge in [-0.05, 0) is 25.5 Å². The molecule has 1 heterocycles. The van der Waals surface area contributed by atoms with Gasteiger partial charge in [0.2, 0.25) is 0 Å². The number of aromatic nitrogens is 2. The third-order valence-electron chi connectivity index (χ3n) is 3.08. The molecular weight excluding hydrogens is 268 g/mol. The third kappa shape index (κ3) is 3.68. The summed E-state index contributed by atoms with van der Waals surface area (Å²) in [5.74, 6) is 0.519. The number of hydrogen-bond acceptors (Lipinski definition) is 5. The summed E-state index contributed by atoms with van der Waals surface area (Å²) in [6.07, 6.45) is 0. The van der Waals surface area contributed by atoms with Crippen molar-refractivity contribution in [2.24, 2.45) is 0 Å². The molecule has 0 aliphatic rings. The van der Waals surface area contributed by atoms with Gasteiger partial charge in [0.15, 0.2) is 12.4 Å². The Morgan fingerprint density at radius 1 is 1.29 bits per heavy atom. The number of carbonyl (C=O) groups excluding carboxylic acids is 1. The van der Waals surface area contributed by atoms with Crippen molar-refractivity contribution in [1.29, 1.82) is 0 Å². The number of nitrogens with zero attached hydrogens (tertiary/aromatic N) is 2. The molecule has 21 heavy (non-hydrogen) atoms. The number of aryl methyl sites for hydroxylation is 2. The lowest BCUT2D eigenvalue weighted by atomic mass is 9.96. The van der Waals surface area contributed by atoms with Crippen LogP contribution in [0, 0.1) is 13.8 Å². The first-order valence-electron chi connectivity index (χ1n) is 6.85. The van der Waals surface area contributed by atoms with E-state index in [1.54, 1.807) is 0 Å². The van der Waals surface area contributed by atoms with Gasteiger partial charge >= 0.3 is 5.97 Å². The van der Waals surface area contributed by atoms with E-state index >= 15 is 0 Å². The van der Waals surface area contributed by atoms with Gasteiger partial charge in [-0.3, -0.25) is 0 Å².